The number of sulfonamides is 1. The van der Waals surface area contributed by atoms with Crippen molar-refractivity contribution >= 4 is 33.6 Å². The van der Waals surface area contributed by atoms with Gasteiger partial charge in [-0.3, -0.25) is 20.4 Å². The van der Waals surface area contributed by atoms with E-state index in [1.54, 1.807) is 13.8 Å². The van der Waals surface area contributed by atoms with Crippen LogP contribution in [0.3, 0.4) is 0 Å². The minimum atomic E-state index is -3.71. The van der Waals surface area contributed by atoms with E-state index in [0.29, 0.717) is 0 Å². The van der Waals surface area contributed by atoms with Crippen molar-refractivity contribution in [3.63, 3.8) is 0 Å². The standard InChI is InChI=1S/C20H25N3O4S2/c1-14(2)23(4)29(26,27)18-7-5-6-16(12-18)20(25)22-21-19(24)13-28-17-10-8-15(3)9-11-17/h5-12,14H,13H2,1-4H3,(H,21,24)(H,22,25). The Labute approximate surface area is 175 Å². The molecule has 0 aliphatic rings. The maximum absolute atomic E-state index is 12.6. The van der Waals surface area contributed by atoms with Gasteiger partial charge in [0.15, 0.2) is 0 Å². The van der Waals surface area contributed by atoms with Crippen molar-refractivity contribution in [1.82, 2.24) is 15.2 Å². The topological polar surface area (TPSA) is 95.6 Å². The summed E-state index contributed by atoms with van der Waals surface area (Å²) in [6, 6.07) is 13.2. The van der Waals surface area contributed by atoms with Gasteiger partial charge < -0.3 is 0 Å². The number of hydrogen-bond donors (Lipinski definition) is 2. The summed E-state index contributed by atoms with van der Waals surface area (Å²) in [5.41, 5.74) is 5.93. The highest BCUT2D eigenvalue weighted by molar-refractivity contribution is 8.00. The number of amides is 2. The second kappa shape index (κ2) is 9.91. The van der Waals surface area contributed by atoms with E-state index < -0.39 is 15.9 Å². The highest BCUT2D eigenvalue weighted by atomic mass is 32.2. The molecule has 0 saturated heterocycles. The van der Waals surface area contributed by atoms with Crippen LogP contribution in [0.1, 0.15) is 29.8 Å². The van der Waals surface area contributed by atoms with E-state index in [0.717, 1.165) is 10.5 Å². The molecule has 2 rings (SSSR count). The van der Waals surface area contributed by atoms with Gasteiger partial charge in [0.05, 0.1) is 10.6 Å². The van der Waals surface area contributed by atoms with Gasteiger partial charge in [0, 0.05) is 23.5 Å². The van der Waals surface area contributed by atoms with Crippen molar-refractivity contribution in [3.05, 3.63) is 59.7 Å². The Hall–Kier alpha value is -2.36. The van der Waals surface area contributed by atoms with Crippen LogP contribution in [0.2, 0.25) is 0 Å². The molecule has 2 aromatic carbocycles. The summed E-state index contributed by atoms with van der Waals surface area (Å²) >= 11 is 1.35. The van der Waals surface area contributed by atoms with Crippen LogP contribution in [0.5, 0.6) is 0 Å². The van der Waals surface area contributed by atoms with Crippen molar-refractivity contribution in [2.75, 3.05) is 12.8 Å². The monoisotopic (exact) mass is 435 g/mol. The Kier molecular flexibility index (Phi) is 7.83. The Morgan fingerprint density at radius 2 is 1.72 bits per heavy atom. The molecule has 2 amide bonds. The van der Waals surface area contributed by atoms with E-state index in [-0.39, 0.29) is 28.2 Å². The number of nitrogens with one attached hydrogen (secondary N) is 2. The molecule has 0 aromatic heterocycles. The lowest BCUT2D eigenvalue weighted by atomic mass is 10.2. The third-order valence-corrected chi connectivity index (χ3v) is 7.25. The van der Waals surface area contributed by atoms with Crippen molar-refractivity contribution in [1.29, 1.82) is 0 Å². The zero-order chi connectivity index (χ0) is 21.6. The largest absolute Gasteiger partial charge is 0.272 e. The Morgan fingerprint density at radius 3 is 2.34 bits per heavy atom. The molecule has 7 nitrogen and oxygen atoms in total. The first-order valence-electron chi connectivity index (χ1n) is 8.98. The molecular formula is C20H25N3O4S2. The van der Waals surface area contributed by atoms with E-state index in [1.807, 2.05) is 31.2 Å². The Morgan fingerprint density at radius 1 is 1.07 bits per heavy atom. The van der Waals surface area contributed by atoms with Crippen molar-refractivity contribution in [3.8, 4) is 0 Å². The normalized spacial score (nSPS) is 11.5. The predicted molar refractivity (Wildman–Crippen MR) is 114 cm³/mol. The van der Waals surface area contributed by atoms with Crippen LogP contribution in [0, 0.1) is 6.92 Å². The summed E-state index contributed by atoms with van der Waals surface area (Å²) in [5.74, 6) is -0.827. The average molecular weight is 436 g/mol. The number of nitrogens with zero attached hydrogens (tertiary/aromatic N) is 1. The third kappa shape index (κ3) is 6.31. The molecule has 0 radical (unpaired) electrons. The molecule has 29 heavy (non-hydrogen) atoms. The zero-order valence-electron chi connectivity index (χ0n) is 16.8. The quantitative estimate of drug-likeness (QED) is 0.515. The predicted octanol–water partition coefficient (Wildman–Crippen LogP) is 2.58. The Balaban J connectivity index is 1.95. The second-order valence-electron chi connectivity index (χ2n) is 6.75. The number of benzene rings is 2. The van der Waals surface area contributed by atoms with Gasteiger partial charge in [-0.2, -0.15) is 4.31 Å². The first-order chi connectivity index (χ1) is 13.6. The first kappa shape index (κ1) is 22.9. The maximum Gasteiger partial charge on any atom is 0.269 e. The fourth-order valence-electron chi connectivity index (χ4n) is 2.26. The number of aryl methyl sites for hydroxylation is 1. The number of thioether (sulfide) groups is 1. The molecule has 0 spiro atoms. The average Bonchev–Trinajstić information content (AvgIpc) is 2.70. The minimum Gasteiger partial charge on any atom is -0.272 e. The van der Waals surface area contributed by atoms with Crippen LogP contribution < -0.4 is 10.9 Å². The molecule has 0 saturated carbocycles. The van der Waals surface area contributed by atoms with E-state index >= 15 is 0 Å². The van der Waals surface area contributed by atoms with Crippen molar-refractivity contribution in [2.45, 2.75) is 36.6 Å². The molecule has 2 N–H and O–H groups in total. The Bertz CT molecular complexity index is 973. The summed E-state index contributed by atoms with van der Waals surface area (Å²) < 4.78 is 26.4. The molecule has 2 aromatic rings. The van der Waals surface area contributed by atoms with Crippen molar-refractivity contribution in [2.24, 2.45) is 0 Å². The van der Waals surface area contributed by atoms with E-state index in [2.05, 4.69) is 10.9 Å². The molecule has 0 aliphatic heterocycles. The molecule has 0 heterocycles. The number of rotatable bonds is 7. The summed E-state index contributed by atoms with van der Waals surface area (Å²) in [4.78, 5) is 25.2. The molecule has 9 heteroatoms. The van der Waals surface area contributed by atoms with Gasteiger partial charge in [-0.1, -0.05) is 23.8 Å². The van der Waals surface area contributed by atoms with Crippen LogP contribution in [-0.4, -0.2) is 43.4 Å². The second-order valence-corrected chi connectivity index (χ2v) is 9.79. The summed E-state index contributed by atoms with van der Waals surface area (Å²) in [6.45, 7) is 5.51. The maximum atomic E-state index is 12.6. The summed E-state index contributed by atoms with van der Waals surface area (Å²) in [6.07, 6.45) is 0. The lowest BCUT2D eigenvalue weighted by Gasteiger charge is -2.21. The van der Waals surface area contributed by atoms with Crippen LogP contribution in [0.25, 0.3) is 0 Å². The lowest BCUT2D eigenvalue weighted by Crippen LogP contribution is -2.42. The zero-order valence-corrected chi connectivity index (χ0v) is 18.4. The van der Waals surface area contributed by atoms with Gasteiger partial charge >= 0.3 is 0 Å². The van der Waals surface area contributed by atoms with E-state index in [9.17, 15) is 18.0 Å². The van der Waals surface area contributed by atoms with Crippen LogP contribution in [0.4, 0.5) is 0 Å². The van der Waals surface area contributed by atoms with Gasteiger partial charge in [0.1, 0.15) is 0 Å². The lowest BCUT2D eigenvalue weighted by molar-refractivity contribution is -0.119. The summed E-state index contributed by atoms with van der Waals surface area (Å²) in [7, 11) is -2.22. The molecule has 0 fully saturated rings. The van der Waals surface area contributed by atoms with Crippen LogP contribution >= 0.6 is 11.8 Å². The first-order valence-corrected chi connectivity index (χ1v) is 11.4. The van der Waals surface area contributed by atoms with Gasteiger partial charge in [-0.05, 0) is 51.1 Å². The number of hydrogen-bond acceptors (Lipinski definition) is 5. The highest BCUT2D eigenvalue weighted by Gasteiger charge is 2.24. The molecule has 0 aliphatic carbocycles. The van der Waals surface area contributed by atoms with Gasteiger partial charge in [-0.25, -0.2) is 8.42 Å². The number of carbonyl (C=O) groups is 2. The molecule has 156 valence electrons. The summed E-state index contributed by atoms with van der Waals surface area (Å²) in [5, 5.41) is 0. The van der Waals surface area contributed by atoms with Crippen molar-refractivity contribution < 1.29 is 18.0 Å². The fourth-order valence-corrected chi connectivity index (χ4v) is 4.37. The molecule has 0 bridgehead atoms. The van der Waals surface area contributed by atoms with Gasteiger partial charge in [0.25, 0.3) is 5.91 Å². The van der Waals surface area contributed by atoms with Gasteiger partial charge in [-0.15, -0.1) is 11.8 Å². The molecular weight excluding hydrogens is 410 g/mol. The third-order valence-electron chi connectivity index (χ3n) is 4.21. The van der Waals surface area contributed by atoms with E-state index in [1.165, 1.54) is 47.4 Å². The van der Waals surface area contributed by atoms with Gasteiger partial charge in [0.2, 0.25) is 15.9 Å². The minimum absolute atomic E-state index is 0.0163. The smallest absolute Gasteiger partial charge is 0.269 e. The SMILES string of the molecule is Cc1ccc(SCC(=O)NNC(=O)c2cccc(S(=O)(=O)N(C)C(C)C)c2)cc1. The number of hydrazine groups is 1. The number of carbonyl (C=O) groups excluding carboxylic acids is 2. The fraction of sp³-hybridized carbons (Fsp3) is 0.300. The van der Waals surface area contributed by atoms with Crippen LogP contribution in [-0.2, 0) is 14.8 Å². The highest BCUT2D eigenvalue weighted by Crippen LogP contribution is 2.19. The molecule has 0 unspecified atom stereocenters. The van der Waals surface area contributed by atoms with E-state index in [4.69, 9.17) is 0 Å². The van der Waals surface area contributed by atoms with Crippen LogP contribution in [0.15, 0.2) is 58.3 Å². The molecule has 0 atom stereocenters.